The SMILES string of the molecule is Cc1ccc(C(=O)NC2CC2)cc1NC(=O)CC1(C(=O)O)Cc2ccccc2C1. The number of carboxylic acids is 1. The molecule has 150 valence electrons. The summed E-state index contributed by atoms with van der Waals surface area (Å²) in [5.74, 6) is -1.47. The summed E-state index contributed by atoms with van der Waals surface area (Å²) in [5.41, 5.74) is 2.67. The summed E-state index contributed by atoms with van der Waals surface area (Å²) >= 11 is 0. The lowest BCUT2D eigenvalue weighted by atomic mass is 9.81. The smallest absolute Gasteiger partial charge is 0.310 e. The van der Waals surface area contributed by atoms with Gasteiger partial charge < -0.3 is 15.7 Å². The minimum absolute atomic E-state index is 0.116. The van der Waals surface area contributed by atoms with E-state index in [2.05, 4.69) is 10.6 Å². The predicted molar refractivity (Wildman–Crippen MR) is 109 cm³/mol. The van der Waals surface area contributed by atoms with Crippen molar-refractivity contribution < 1.29 is 19.5 Å². The molecule has 2 aromatic carbocycles. The Morgan fingerprint density at radius 2 is 1.72 bits per heavy atom. The van der Waals surface area contributed by atoms with Crippen LogP contribution in [0.25, 0.3) is 0 Å². The molecule has 0 heterocycles. The van der Waals surface area contributed by atoms with Gasteiger partial charge in [-0.1, -0.05) is 30.3 Å². The molecular weight excluding hydrogens is 368 g/mol. The summed E-state index contributed by atoms with van der Waals surface area (Å²) in [6, 6.07) is 13.0. The maximum atomic E-state index is 12.8. The molecule has 0 bridgehead atoms. The first-order valence-electron chi connectivity index (χ1n) is 9.88. The summed E-state index contributed by atoms with van der Waals surface area (Å²) in [5, 5.41) is 15.6. The Bertz CT molecular complexity index is 969. The van der Waals surface area contributed by atoms with Crippen molar-refractivity contribution in [1.29, 1.82) is 0 Å². The van der Waals surface area contributed by atoms with Gasteiger partial charge >= 0.3 is 5.97 Å². The van der Waals surface area contributed by atoms with Gasteiger partial charge in [0.2, 0.25) is 5.91 Å². The Morgan fingerprint density at radius 3 is 2.31 bits per heavy atom. The molecule has 0 spiro atoms. The predicted octanol–water partition coefficient (Wildman–Crippen LogP) is 3.09. The van der Waals surface area contributed by atoms with Crippen molar-refractivity contribution in [3.8, 4) is 0 Å². The maximum absolute atomic E-state index is 12.8. The standard InChI is InChI=1S/C23H24N2O4/c1-14-6-7-15(21(27)24-18-8-9-18)10-19(14)25-20(26)13-23(22(28)29)11-16-4-2-3-5-17(16)12-23/h2-7,10,18H,8-9,11-13H2,1H3,(H,24,27)(H,25,26)(H,28,29). The van der Waals surface area contributed by atoms with Crippen LogP contribution < -0.4 is 10.6 Å². The van der Waals surface area contributed by atoms with Crippen LogP contribution in [-0.2, 0) is 22.4 Å². The van der Waals surface area contributed by atoms with Crippen LogP contribution >= 0.6 is 0 Å². The fourth-order valence-corrected chi connectivity index (χ4v) is 3.94. The van der Waals surface area contributed by atoms with E-state index < -0.39 is 11.4 Å². The van der Waals surface area contributed by atoms with Crippen molar-refractivity contribution >= 4 is 23.5 Å². The minimum atomic E-state index is -1.14. The van der Waals surface area contributed by atoms with Gasteiger partial charge in [0.15, 0.2) is 0 Å². The molecule has 6 nitrogen and oxygen atoms in total. The Hall–Kier alpha value is -3.15. The molecule has 2 aliphatic rings. The number of aryl methyl sites for hydroxylation is 1. The Morgan fingerprint density at radius 1 is 1.07 bits per heavy atom. The van der Waals surface area contributed by atoms with Gasteiger partial charge in [-0.25, -0.2) is 0 Å². The lowest BCUT2D eigenvalue weighted by Crippen LogP contribution is -2.36. The average Bonchev–Trinajstić information content (AvgIpc) is 3.40. The van der Waals surface area contributed by atoms with E-state index in [1.165, 1.54) is 0 Å². The van der Waals surface area contributed by atoms with Crippen LogP contribution in [-0.4, -0.2) is 28.9 Å². The number of benzene rings is 2. The molecule has 3 N–H and O–H groups in total. The number of nitrogens with one attached hydrogen (secondary N) is 2. The number of hydrogen-bond donors (Lipinski definition) is 3. The van der Waals surface area contributed by atoms with E-state index in [-0.39, 0.29) is 24.3 Å². The lowest BCUT2D eigenvalue weighted by Gasteiger charge is -2.23. The Balaban J connectivity index is 1.49. The average molecular weight is 392 g/mol. The van der Waals surface area contributed by atoms with E-state index >= 15 is 0 Å². The van der Waals surface area contributed by atoms with E-state index in [0.29, 0.717) is 24.1 Å². The second-order valence-electron chi connectivity index (χ2n) is 8.21. The highest BCUT2D eigenvalue weighted by molar-refractivity contribution is 5.99. The largest absolute Gasteiger partial charge is 0.481 e. The molecule has 0 unspecified atom stereocenters. The number of rotatable bonds is 6. The van der Waals surface area contributed by atoms with Gasteiger partial charge in [0, 0.05) is 23.7 Å². The summed E-state index contributed by atoms with van der Waals surface area (Å²) in [4.78, 5) is 37.1. The highest BCUT2D eigenvalue weighted by Crippen LogP contribution is 2.40. The summed E-state index contributed by atoms with van der Waals surface area (Å²) in [6.07, 6.45) is 2.57. The zero-order valence-corrected chi connectivity index (χ0v) is 16.3. The van der Waals surface area contributed by atoms with Gasteiger partial charge in [-0.3, -0.25) is 14.4 Å². The fraction of sp³-hybridized carbons (Fsp3) is 0.348. The zero-order valence-electron chi connectivity index (χ0n) is 16.3. The molecule has 0 radical (unpaired) electrons. The Kier molecular flexibility index (Phi) is 4.86. The van der Waals surface area contributed by atoms with Crippen molar-refractivity contribution in [2.45, 2.75) is 45.1 Å². The molecule has 6 heteroatoms. The number of anilines is 1. The van der Waals surface area contributed by atoms with Crippen molar-refractivity contribution in [3.63, 3.8) is 0 Å². The molecule has 4 rings (SSSR count). The van der Waals surface area contributed by atoms with Crippen LogP contribution in [0.4, 0.5) is 5.69 Å². The van der Waals surface area contributed by atoms with Gasteiger partial charge in [-0.05, 0) is 61.4 Å². The van der Waals surface area contributed by atoms with Crippen molar-refractivity contribution in [2.75, 3.05) is 5.32 Å². The summed E-state index contributed by atoms with van der Waals surface area (Å²) in [7, 11) is 0. The molecule has 0 atom stereocenters. The summed E-state index contributed by atoms with van der Waals surface area (Å²) in [6.45, 7) is 1.84. The molecular formula is C23H24N2O4. The van der Waals surface area contributed by atoms with E-state index in [9.17, 15) is 19.5 Å². The third-order valence-corrected chi connectivity index (χ3v) is 5.82. The molecule has 0 aliphatic heterocycles. The minimum Gasteiger partial charge on any atom is -0.481 e. The summed E-state index contributed by atoms with van der Waals surface area (Å²) < 4.78 is 0. The first-order chi connectivity index (χ1) is 13.9. The number of carboxylic acid groups (broad SMARTS) is 1. The third-order valence-electron chi connectivity index (χ3n) is 5.82. The number of carbonyl (C=O) groups excluding carboxylic acids is 2. The van der Waals surface area contributed by atoms with Crippen LogP contribution in [0.5, 0.6) is 0 Å². The van der Waals surface area contributed by atoms with Crippen molar-refractivity contribution in [2.24, 2.45) is 5.41 Å². The van der Waals surface area contributed by atoms with Gasteiger partial charge in [-0.15, -0.1) is 0 Å². The van der Waals surface area contributed by atoms with Gasteiger partial charge in [-0.2, -0.15) is 0 Å². The number of carbonyl (C=O) groups is 3. The number of fused-ring (bicyclic) bond motifs is 1. The van der Waals surface area contributed by atoms with Crippen LogP contribution in [0.15, 0.2) is 42.5 Å². The number of amides is 2. The van der Waals surface area contributed by atoms with Crippen LogP contribution in [0.3, 0.4) is 0 Å². The van der Waals surface area contributed by atoms with Gasteiger partial charge in [0.1, 0.15) is 0 Å². The normalized spacial score (nSPS) is 16.7. The van der Waals surface area contributed by atoms with Gasteiger partial charge in [0.05, 0.1) is 5.41 Å². The topological polar surface area (TPSA) is 95.5 Å². The second kappa shape index (κ2) is 7.35. The molecule has 2 aromatic rings. The van der Waals surface area contributed by atoms with E-state index in [1.54, 1.807) is 18.2 Å². The fourth-order valence-electron chi connectivity index (χ4n) is 3.94. The van der Waals surface area contributed by atoms with E-state index in [1.807, 2.05) is 31.2 Å². The number of hydrogen-bond acceptors (Lipinski definition) is 3. The molecule has 0 aromatic heterocycles. The van der Waals surface area contributed by atoms with Crippen LogP contribution in [0.1, 0.15) is 46.3 Å². The highest BCUT2D eigenvalue weighted by Gasteiger charge is 2.45. The van der Waals surface area contributed by atoms with E-state index in [0.717, 1.165) is 29.5 Å². The molecule has 1 saturated carbocycles. The zero-order chi connectivity index (χ0) is 20.6. The van der Waals surface area contributed by atoms with Crippen LogP contribution in [0, 0.1) is 12.3 Å². The van der Waals surface area contributed by atoms with Gasteiger partial charge in [0.25, 0.3) is 5.91 Å². The number of aliphatic carboxylic acids is 1. The quantitative estimate of drug-likeness (QED) is 0.704. The molecule has 0 saturated heterocycles. The first-order valence-corrected chi connectivity index (χ1v) is 9.88. The molecule has 2 amide bonds. The van der Waals surface area contributed by atoms with Crippen molar-refractivity contribution in [1.82, 2.24) is 5.32 Å². The lowest BCUT2D eigenvalue weighted by molar-refractivity contribution is -0.150. The molecule has 29 heavy (non-hydrogen) atoms. The third kappa shape index (κ3) is 4.01. The highest BCUT2D eigenvalue weighted by atomic mass is 16.4. The Labute approximate surface area is 169 Å². The molecule has 1 fully saturated rings. The molecule has 2 aliphatic carbocycles. The first kappa shape index (κ1) is 19.2. The van der Waals surface area contributed by atoms with E-state index in [4.69, 9.17) is 0 Å². The monoisotopic (exact) mass is 392 g/mol. The van der Waals surface area contributed by atoms with Crippen molar-refractivity contribution in [3.05, 3.63) is 64.7 Å². The second-order valence-corrected chi connectivity index (χ2v) is 8.21. The van der Waals surface area contributed by atoms with Crippen LogP contribution in [0.2, 0.25) is 0 Å². The maximum Gasteiger partial charge on any atom is 0.310 e.